The summed E-state index contributed by atoms with van der Waals surface area (Å²) in [6.07, 6.45) is 3.18. The van der Waals surface area contributed by atoms with E-state index in [4.69, 9.17) is 9.84 Å². The average molecular weight is 232 g/mol. The van der Waals surface area contributed by atoms with Crippen molar-refractivity contribution in [3.63, 3.8) is 0 Å². The molecule has 88 valence electrons. The Bertz CT molecular complexity index is 572. The van der Waals surface area contributed by atoms with Crippen molar-refractivity contribution in [1.82, 2.24) is 9.78 Å². The van der Waals surface area contributed by atoms with Crippen LogP contribution in [-0.4, -0.2) is 33.6 Å². The normalized spacial score (nSPS) is 19.2. The maximum absolute atomic E-state index is 10.8. The molecule has 17 heavy (non-hydrogen) atoms. The third kappa shape index (κ3) is 1.89. The number of aromatic nitrogens is 2. The molecule has 5 nitrogen and oxygen atoms in total. The van der Waals surface area contributed by atoms with Crippen LogP contribution in [0.1, 0.15) is 16.8 Å². The second-order valence-corrected chi connectivity index (χ2v) is 4.21. The molecular formula is C12H12N2O3. The maximum atomic E-state index is 10.8. The molecule has 1 aromatic carbocycles. The number of carbonyl (C=O) groups is 1. The van der Waals surface area contributed by atoms with E-state index in [2.05, 4.69) is 5.10 Å². The van der Waals surface area contributed by atoms with E-state index in [1.807, 2.05) is 10.9 Å². The Morgan fingerprint density at radius 1 is 1.59 bits per heavy atom. The Hall–Kier alpha value is -1.88. The molecule has 3 rings (SSSR count). The minimum Gasteiger partial charge on any atom is -0.478 e. The number of ether oxygens (including phenoxy) is 1. The van der Waals surface area contributed by atoms with Crippen molar-refractivity contribution >= 4 is 16.9 Å². The Kier molecular flexibility index (Phi) is 2.33. The lowest BCUT2D eigenvalue weighted by Crippen LogP contribution is -2.31. The summed E-state index contributed by atoms with van der Waals surface area (Å²) in [6, 6.07) is 4.95. The van der Waals surface area contributed by atoms with E-state index in [0.717, 1.165) is 30.5 Å². The van der Waals surface area contributed by atoms with Gasteiger partial charge in [0.1, 0.15) is 0 Å². The van der Waals surface area contributed by atoms with Crippen LogP contribution in [0.5, 0.6) is 0 Å². The van der Waals surface area contributed by atoms with Gasteiger partial charge < -0.3 is 9.84 Å². The van der Waals surface area contributed by atoms with E-state index in [0.29, 0.717) is 0 Å². The quantitative estimate of drug-likeness (QED) is 0.871. The van der Waals surface area contributed by atoms with Crippen molar-refractivity contribution in [1.29, 1.82) is 0 Å². The van der Waals surface area contributed by atoms with E-state index in [1.54, 1.807) is 18.2 Å². The van der Waals surface area contributed by atoms with Crippen LogP contribution in [0.15, 0.2) is 24.4 Å². The van der Waals surface area contributed by atoms with Gasteiger partial charge in [-0.15, -0.1) is 0 Å². The molecule has 2 heterocycles. The van der Waals surface area contributed by atoms with E-state index in [1.165, 1.54) is 0 Å². The highest BCUT2D eigenvalue weighted by atomic mass is 16.5. The van der Waals surface area contributed by atoms with Crippen molar-refractivity contribution in [3.8, 4) is 0 Å². The third-order valence-corrected chi connectivity index (χ3v) is 2.98. The molecule has 0 saturated carbocycles. The number of rotatable bonds is 3. The van der Waals surface area contributed by atoms with Crippen molar-refractivity contribution in [2.45, 2.75) is 19.1 Å². The van der Waals surface area contributed by atoms with Gasteiger partial charge in [0.05, 0.1) is 23.7 Å². The fourth-order valence-corrected chi connectivity index (χ4v) is 1.94. The molecule has 0 radical (unpaired) electrons. The summed E-state index contributed by atoms with van der Waals surface area (Å²) in [5.41, 5.74) is 1.10. The van der Waals surface area contributed by atoms with Crippen LogP contribution in [0.3, 0.4) is 0 Å². The predicted molar refractivity (Wildman–Crippen MR) is 61.0 cm³/mol. The highest BCUT2D eigenvalue weighted by Gasteiger charge is 2.19. The number of hydrogen-bond donors (Lipinski definition) is 1. The summed E-state index contributed by atoms with van der Waals surface area (Å²) in [4.78, 5) is 10.8. The Labute approximate surface area is 97.6 Å². The van der Waals surface area contributed by atoms with Gasteiger partial charge >= 0.3 is 5.97 Å². The van der Waals surface area contributed by atoms with E-state index in [-0.39, 0.29) is 11.7 Å². The summed E-state index contributed by atoms with van der Waals surface area (Å²) in [5, 5.41) is 14.1. The van der Waals surface area contributed by atoms with Crippen LogP contribution >= 0.6 is 0 Å². The molecule has 1 aromatic heterocycles. The number of carboxylic acids is 1. The van der Waals surface area contributed by atoms with Crippen molar-refractivity contribution < 1.29 is 14.6 Å². The highest BCUT2D eigenvalue weighted by molar-refractivity contribution is 5.93. The lowest BCUT2D eigenvalue weighted by atomic mass is 10.1. The van der Waals surface area contributed by atoms with Crippen LogP contribution in [-0.2, 0) is 11.3 Å². The lowest BCUT2D eigenvalue weighted by Gasteiger charge is -2.25. The fourth-order valence-electron chi connectivity index (χ4n) is 1.94. The summed E-state index contributed by atoms with van der Waals surface area (Å²) in [7, 11) is 0. The van der Waals surface area contributed by atoms with Gasteiger partial charge in [0.15, 0.2) is 0 Å². The molecule has 1 aliphatic rings. The van der Waals surface area contributed by atoms with E-state index >= 15 is 0 Å². The van der Waals surface area contributed by atoms with Gasteiger partial charge in [-0.25, -0.2) is 4.79 Å². The summed E-state index contributed by atoms with van der Waals surface area (Å²) >= 11 is 0. The van der Waals surface area contributed by atoms with Gasteiger partial charge in [-0.3, -0.25) is 4.68 Å². The number of carboxylic acid groups (broad SMARTS) is 1. The first kappa shape index (κ1) is 10.3. The van der Waals surface area contributed by atoms with Gasteiger partial charge in [0.2, 0.25) is 0 Å². The Balaban J connectivity index is 1.91. The van der Waals surface area contributed by atoms with Crippen LogP contribution in [0.25, 0.3) is 10.9 Å². The Morgan fingerprint density at radius 3 is 3.06 bits per heavy atom. The SMILES string of the molecule is O=C(O)c1ccc2nn(CC3CCO3)cc2c1. The first-order valence-corrected chi connectivity index (χ1v) is 5.54. The molecule has 0 aliphatic carbocycles. The lowest BCUT2D eigenvalue weighted by molar-refractivity contribution is -0.0608. The third-order valence-electron chi connectivity index (χ3n) is 2.98. The zero-order valence-corrected chi connectivity index (χ0v) is 9.17. The van der Waals surface area contributed by atoms with Crippen molar-refractivity contribution in [2.75, 3.05) is 6.61 Å². The van der Waals surface area contributed by atoms with Gasteiger partial charge in [-0.05, 0) is 24.6 Å². The number of hydrogen-bond acceptors (Lipinski definition) is 3. The average Bonchev–Trinajstić information content (AvgIpc) is 2.64. The number of benzene rings is 1. The standard InChI is InChI=1S/C12H12N2O3/c15-12(16)8-1-2-11-9(5-8)6-14(13-11)7-10-3-4-17-10/h1-2,5-6,10H,3-4,7H2,(H,15,16). The van der Waals surface area contributed by atoms with Crippen LogP contribution in [0.4, 0.5) is 0 Å². The van der Waals surface area contributed by atoms with Crippen LogP contribution in [0.2, 0.25) is 0 Å². The monoisotopic (exact) mass is 232 g/mol. The van der Waals surface area contributed by atoms with Gasteiger partial charge in [-0.1, -0.05) is 0 Å². The van der Waals surface area contributed by atoms with Crippen molar-refractivity contribution in [2.24, 2.45) is 0 Å². The Morgan fingerprint density at radius 2 is 2.41 bits per heavy atom. The van der Waals surface area contributed by atoms with Crippen molar-refractivity contribution in [3.05, 3.63) is 30.0 Å². The predicted octanol–water partition coefficient (Wildman–Crippen LogP) is 1.52. The largest absolute Gasteiger partial charge is 0.478 e. The fraction of sp³-hybridized carbons (Fsp3) is 0.333. The number of nitrogens with zero attached hydrogens (tertiary/aromatic N) is 2. The first-order chi connectivity index (χ1) is 8.22. The topological polar surface area (TPSA) is 64.3 Å². The van der Waals surface area contributed by atoms with Gasteiger partial charge in [0, 0.05) is 18.2 Å². The molecule has 1 aliphatic heterocycles. The maximum Gasteiger partial charge on any atom is 0.335 e. The molecule has 1 N–H and O–H groups in total. The second-order valence-electron chi connectivity index (χ2n) is 4.21. The van der Waals surface area contributed by atoms with Crippen LogP contribution < -0.4 is 0 Å². The molecule has 0 amide bonds. The minimum absolute atomic E-state index is 0.253. The minimum atomic E-state index is -0.915. The molecule has 1 unspecified atom stereocenters. The molecule has 0 spiro atoms. The van der Waals surface area contributed by atoms with Gasteiger partial charge in [-0.2, -0.15) is 5.10 Å². The summed E-state index contributed by atoms with van der Waals surface area (Å²) in [5.74, 6) is -0.915. The van der Waals surface area contributed by atoms with E-state index < -0.39 is 5.97 Å². The smallest absolute Gasteiger partial charge is 0.335 e. The second kappa shape index (κ2) is 3.85. The van der Waals surface area contributed by atoms with Crippen LogP contribution in [0, 0.1) is 0 Å². The van der Waals surface area contributed by atoms with Gasteiger partial charge in [0.25, 0.3) is 0 Å². The molecule has 5 heteroatoms. The molecule has 1 atom stereocenters. The zero-order chi connectivity index (χ0) is 11.8. The molecule has 1 saturated heterocycles. The molecular weight excluding hydrogens is 220 g/mol. The zero-order valence-electron chi connectivity index (χ0n) is 9.17. The first-order valence-electron chi connectivity index (χ1n) is 5.54. The molecule has 1 fully saturated rings. The summed E-state index contributed by atoms with van der Waals surface area (Å²) in [6.45, 7) is 1.56. The summed E-state index contributed by atoms with van der Waals surface area (Å²) < 4.78 is 7.16. The molecule has 2 aromatic rings. The number of aromatic carboxylic acids is 1. The number of fused-ring (bicyclic) bond motifs is 1. The van der Waals surface area contributed by atoms with E-state index in [9.17, 15) is 4.79 Å². The highest BCUT2D eigenvalue weighted by Crippen LogP contribution is 2.17. The molecule has 0 bridgehead atoms.